The van der Waals surface area contributed by atoms with Gasteiger partial charge in [0.15, 0.2) is 15.4 Å². The predicted octanol–water partition coefficient (Wildman–Crippen LogP) is 2.77. The average Bonchev–Trinajstić information content (AvgIpc) is 3.34. The molecular formula is C26H28F4N4O5S. The first kappa shape index (κ1) is 28.4. The number of hydrogen-bond acceptors (Lipinski definition) is 8. The molecule has 0 unspecified atom stereocenters. The molecule has 1 heterocycles. The lowest BCUT2D eigenvalue weighted by Gasteiger charge is -2.74. The normalized spacial score (nSPS) is 24.5. The topological polar surface area (TPSA) is 127 Å². The Labute approximate surface area is 227 Å². The van der Waals surface area contributed by atoms with Crippen molar-refractivity contribution < 1.29 is 40.9 Å². The van der Waals surface area contributed by atoms with E-state index in [1.54, 1.807) is 24.3 Å². The molecule has 9 nitrogen and oxygen atoms in total. The van der Waals surface area contributed by atoms with Gasteiger partial charge in [0.05, 0.1) is 12.3 Å². The molecule has 1 aromatic heterocycles. The van der Waals surface area contributed by atoms with Gasteiger partial charge in [-0.1, -0.05) is 19.1 Å². The fourth-order valence-electron chi connectivity index (χ4n) is 6.09. The Hall–Kier alpha value is -3.10. The van der Waals surface area contributed by atoms with Gasteiger partial charge in [-0.2, -0.15) is 0 Å². The second-order valence-corrected chi connectivity index (χ2v) is 13.2. The highest BCUT2D eigenvalue weighted by Gasteiger charge is 2.82. The van der Waals surface area contributed by atoms with Crippen LogP contribution in [0.5, 0.6) is 5.75 Å². The molecule has 2 bridgehead atoms. The molecule has 216 valence electrons. The highest BCUT2D eigenvalue weighted by atomic mass is 32.2. The first-order valence-electron chi connectivity index (χ1n) is 12.6. The minimum Gasteiger partial charge on any atom is -0.491 e. The number of tetrazole rings is 1. The van der Waals surface area contributed by atoms with Gasteiger partial charge in [-0.05, 0) is 64.9 Å². The quantitative estimate of drug-likeness (QED) is 0.311. The number of ether oxygens (including phenoxy) is 1. The van der Waals surface area contributed by atoms with Gasteiger partial charge < -0.3 is 14.9 Å². The summed E-state index contributed by atoms with van der Waals surface area (Å²) in [6, 6.07) is 8.75. The third-order valence-corrected chi connectivity index (χ3v) is 9.94. The summed E-state index contributed by atoms with van der Waals surface area (Å²) < 4.78 is 90.6. The van der Waals surface area contributed by atoms with Crippen molar-refractivity contribution in [2.24, 2.45) is 5.41 Å². The zero-order chi connectivity index (χ0) is 29.0. The highest BCUT2D eigenvalue weighted by molar-refractivity contribution is 7.91. The molecule has 0 radical (unpaired) electrons. The molecule has 3 aromatic rings. The van der Waals surface area contributed by atoms with Gasteiger partial charge in [0.25, 0.3) is 5.92 Å². The standard InChI is InChI=1S/C26H28F4N4O5S/c1-2-40(37,38)11-19(35)10-39-20-6-3-17(4-7-20)23-12-24(13-23,14-23)26(29,30)25(36,15-34-16-31-32-33-34)21-8-5-18(27)9-22(21)28/h3-9,16,19,35-36H,2,10-15H2,1H3/t19-,23?,24?,25-/m1/s1. The van der Waals surface area contributed by atoms with Crippen LogP contribution < -0.4 is 4.74 Å². The van der Waals surface area contributed by atoms with Gasteiger partial charge in [-0.15, -0.1) is 5.10 Å². The van der Waals surface area contributed by atoms with Crippen molar-refractivity contribution in [1.29, 1.82) is 0 Å². The Balaban J connectivity index is 1.31. The molecule has 2 atom stereocenters. The second-order valence-electron chi connectivity index (χ2n) is 10.8. The lowest BCUT2D eigenvalue weighted by molar-refractivity contribution is -0.347. The van der Waals surface area contributed by atoms with Crippen LogP contribution >= 0.6 is 0 Å². The molecule has 3 saturated carbocycles. The van der Waals surface area contributed by atoms with Crippen LogP contribution in [0.2, 0.25) is 0 Å². The van der Waals surface area contributed by atoms with E-state index in [1.807, 2.05) is 0 Å². The number of sulfone groups is 1. The molecule has 3 fully saturated rings. The Morgan fingerprint density at radius 2 is 1.80 bits per heavy atom. The molecule has 2 aromatic carbocycles. The van der Waals surface area contributed by atoms with Crippen molar-refractivity contribution in [1.82, 2.24) is 20.2 Å². The molecule has 40 heavy (non-hydrogen) atoms. The van der Waals surface area contributed by atoms with E-state index in [0.717, 1.165) is 28.7 Å². The van der Waals surface area contributed by atoms with Gasteiger partial charge in [0.1, 0.15) is 36.4 Å². The molecule has 0 amide bonds. The maximum Gasteiger partial charge on any atom is 0.287 e. The maximum atomic E-state index is 16.3. The fourth-order valence-corrected chi connectivity index (χ4v) is 7.01. The predicted molar refractivity (Wildman–Crippen MR) is 133 cm³/mol. The number of aliphatic hydroxyl groups excluding tert-OH is 1. The van der Waals surface area contributed by atoms with Gasteiger partial charge in [-0.3, -0.25) is 0 Å². The Kier molecular flexibility index (Phi) is 6.94. The minimum absolute atomic E-state index is 0.0293. The molecule has 14 heteroatoms. The SMILES string of the molecule is CCS(=O)(=O)C[C@H](O)COc1ccc(C23CC(C(F)(F)[C@@](O)(Cn4cnnn4)c4ccc(F)cc4F)(C2)C3)cc1. The third kappa shape index (κ3) is 4.65. The van der Waals surface area contributed by atoms with Gasteiger partial charge in [0, 0.05) is 22.8 Å². The number of aromatic nitrogens is 4. The van der Waals surface area contributed by atoms with Gasteiger partial charge >= 0.3 is 0 Å². The maximum absolute atomic E-state index is 16.3. The molecular weight excluding hydrogens is 556 g/mol. The van der Waals surface area contributed by atoms with E-state index in [2.05, 4.69) is 15.5 Å². The monoisotopic (exact) mass is 584 g/mol. The first-order chi connectivity index (χ1) is 18.7. The van der Waals surface area contributed by atoms with Crippen LogP contribution in [-0.2, 0) is 27.4 Å². The fraction of sp³-hybridized carbons (Fsp3) is 0.500. The summed E-state index contributed by atoms with van der Waals surface area (Å²) >= 11 is 0. The number of alkyl halides is 2. The van der Waals surface area contributed by atoms with E-state index in [1.165, 1.54) is 6.92 Å². The second kappa shape index (κ2) is 9.77. The molecule has 0 aliphatic heterocycles. The van der Waals surface area contributed by atoms with E-state index >= 15 is 8.78 Å². The largest absolute Gasteiger partial charge is 0.491 e. The Bertz CT molecular complexity index is 1470. The Morgan fingerprint density at radius 3 is 2.38 bits per heavy atom. The highest BCUT2D eigenvalue weighted by Crippen LogP contribution is 2.80. The summed E-state index contributed by atoms with van der Waals surface area (Å²) in [6.45, 7) is 0.420. The number of rotatable bonds is 12. The summed E-state index contributed by atoms with van der Waals surface area (Å²) in [6.07, 6.45) is -0.0793. The average molecular weight is 585 g/mol. The molecule has 0 saturated heterocycles. The zero-order valence-corrected chi connectivity index (χ0v) is 22.3. The van der Waals surface area contributed by atoms with Crippen molar-refractivity contribution in [3.63, 3.8) is 0 Å². The molecule has 2 N–H and O–H groups in total. The summed E-state index contributed by atoms with van der Waals surface area (Å²) in [5.74, 6) is -6.22. The van der Waals surface area contributed by atoms with Crippen molar-refractivity contribution in [3.8, 4) is 5.75 Å². The van der Waals surface area contributed by atoms with Crippen LogP contribution in [-0.4, -0.2) is 69.0 Å². The zero-order valence-electron chi connectivity index (χ0n) is 21.5. The lowest BCUT2D eigenvalue weighted by atomic mass is 9.30. The summed E-state index contributed by atoms with van der Waals surface area (Å²) in [5.41, 5.74) is -5.21. The van der Waals surface area contributed by atoms with Crippen LogP contribution in [0.15, 0.2) is 48.8 Å². The van der Waals surface area contributed by atoms with Crippen molar-refractivity contribution in [2.45, 2.75) is 55.8 Å². The molecule has 0 spiro atoms. The van der Waals surface area contributed by atoms with E-state index < -0.39 is 67.8 Å². The summed E-state index contributed by atoms with van der Waals surface area (Å²) in [7, 11) is -3.36. The van der Waals surface area contributed by atoms with Crippen molar-refractivity contribution in [2.75, 3.05) is 18.1 Å². The Morgan fingerprint density at radius 1 is 1.12 bits per heavy atom. The van der Waals surface area contributed by atoms with E-state index in [0.29, 0.717) is 11.8 Å². The van der Waals surface area contributed by atoms with Crippen LogP contribution in [0.4, 0.5) is 17.6 Å². The summed E-state index contributed by atoms with van der Waals surface area (Å²) in [4.78, 5) is 0. The van der Waals surface area contributed by atoms with Crippen molar-refractivity contribution >= 4 is 9.84 Å². The molecule has 6 rings (SSSR count). The van der Waals surface area contributed by atoms with Gasteiger partial charge in [0.2, 0.25) is 0 Å². The summed E-state index contributed by atoms with van der Waals surface area (Å²) in [5, 5.41) is 31.7. The molecule has 3 aliphatic carbocycles. The minimum atomic E-state index is -3.83. The van der Waals surface area contributed by atoms with Gasteiger partial charge in [-0.25, -0.2) is 30.7 Å². The van der Waals surface area contributed by atoms with Crippen LogP contribution in [0.3, 0.4) is 0 Å². The van der Waals surface area contributed by atoms with E-state index in [-0.39, 0.29) is 31.6 Å². The van der Waals surface area contributed by atoms with E-state index in [4.69, 9.17) is 4.74 Å². The van der Waals surface area contributed by atoms with Crippen molar-refractivity contribution in [3.05, 3.63) is 71.6 Å². The number of hydrogen-bond donors (Lipinski definition) is 2. The van der Waals surface area contributed by atoms with E-state index in [9.17, 15) is 27.4 Å². The first-order valence-corrected chi connectivity index (χ1v) is 14.5. The number of nitrogens with zero attached hydrogens (tertiary/aromatic N) is 4. The smallest absolute Gasteiger partial charge is 0.287 e. The number of aliphatic hydroxyl groups is 2. The van der Waals surface area contributed by atoms with Crippen LogP contribution in [0, 0.1) is 17.0 Å². The number of halogens is 4. The van der Waals surface area contributed by atoms with Crippen LogP contribution in [0.1, 0.15) is 37.3 Å². The lowest BCUT2D eigenvalue weighted by Crippen LogP contribution is -2.76. The number of benzene rings is 2. The van der Waals surface area contributed by atoms with Crippen LogP contribution in [0.25, 0.3) is 0 Å². The third-order valence-electron chi connectivity index (χ3n) is 8.17. The molecule has 3 aliphatic rings.